The van der Waals surface area contributed by atoms with Crippen molar-refractivity contribution in [2.45, 2.75) is 202 Å². The molecule has 49 heavy (non-hydrogen) atoms. The van der Waals surface area contributed by atoms with Gasteiger partial charge in [0.2, 0.25) is 0 Å². The maximum atomic E-state index is 16.8. The summed E-state index contributed by atoms with van der Waals surface area (Å²) in [5.74, 6) is 0. The Morgan fingerprint density at radius 3 is 0.980 bits per heavy atom. The normalized spacial score (nSPS) is 13.6. The van der Waals surface area contributed by atoms with Crippen LogP contribution in [0.4, 0.5) is 6.18 Å². The minimum atomic E-state index is -5.32. The van der Waals surface area contributed by atoms with Crippen LogP contribution < -0.4 is 0 Å². The van der Waals surface area contributed by atoms with Crippen LogP contribution >= 0.6 is 0 Å². The Balaban J connectivity index is 1.70. The Bertz CT molecular complexity index is 934. The summed E-state index contributed by atoms with van der Waals surface area (Å²) in [6.07, 6.45) is 50.3. The molecule has 2 aromatic rings. The third-order valence-electron chi connectivity index (χ3n) is 10.3. The van der Waals surface area contributed by atoms with E-state index < -0.39 is 26.4 Å². The van der Waals surface area contributed by atoms with Gasteiger partial charge in [-0.3, -0.25) is 0 Å². The van der Waals surface area contributed by atoms with Gasteiger partial charge in [0.15, 0.2) is 0 Å². The molecule has 2 atom stereocenters. The topological polar surface area (TPSA) is 9.86 Å². The summed E-state index contributed by atoms with van der Waals surface area (Å²) in [5.41, 5.74) is 0. The van der Waals surface area contributed by atoms with Gasteiger partial charge in [-0.25, -0.2) is 0 Å². The first-order chi connectivity index (χ1) is 24.1. The molecule has 2 rings (SSSR count). The number of rotatable bonds is 34. The van der Waals surface area contributed by atoms with Gasteiger partial charge in [0.1, 0.15) is 0 Å². The molecule has 0 bridgehead atoms. The summed E-state index contributed by atoms with van der Waals surface area (Å²) in [7, 11) is 0. The Labute approximate surface area is 307 Å². The molecule has 0 aliphatic carbocycles. The molecule has 2 heterocycles. The van der Waals surface area contributed by atoms with E-state index in [4.69, 9.17) is 0 Å². The molecule has 0 aromatic carbocycles. The van der Waals surface area contributed by atoms with E-state index in [1.807, 2.05) is 58.2 Å². The predicted octanol–water partition coefficient (Wildman–Crippen LogP) is 16.0. The van der Waals surface area contributed by atoms with Crippen LogP contribution in [0.25, 0.3) is 0 Å². The zero-order chi connectivity index (χ0) is 35.1. The third kappa shape index (κ3) is 20.9. The van der Waals surface area contributed by atoms with Gasteiger partial charge in [-0.15, -0.1) is 0 Å². The van der Waals surface area contributed by atoms with Gasteiger partial charge in [0.25, 0.3) is 0 Å². The van der Waals surface area contributed by atoms with E-state index in [0.29, 0.717) is 12.8 Å². The minimum absolute atomic E-state index is 0.601. The molecule has 2 unspecified atom stereocenters. The number of hydrogen-bond donors (Lipinski definition) is 0. The summed E-state index contributed by atoms with van der Waals surface area (Å²) in [6.45, 7) is 4.54. The number of hydrogen-bond acceptors (Lipinski definition) is 0. The molecule has 0 aliphatic heterocycles. The fourth-order valence-corrected chi connectivity index (χ4v) is 11.5. The molecule has 0 N–H and O–H groups in total. The molecule has 0 saturated carbocycles. The zero-order valence-corrected chi connectivity index (χ0v) is 33.6. The van der Waals surface area contributed by atoms with Gasteiger partial charge in [0.05, 0.1) is 0 Å². The SMILES string of the molecule is CCCCCCCC/C=C\CCCCCCC[CH](n1cccc1)[Ti]([F])([F])[CH](CCCCCCC/C=C\CCCCCCCC)n1cccc1. The summed E-state index contributed by atoms with van der Waals surface area (Å²) in [5, 5.41) is 0. The summed E-state index contributed by atoms with van der Waals surface area (Å²) in [6, 6.07) is 7.67. The third-order valence-corrected chi connectivity index (χ3v) is 14.9. The molecule has 0 spiro atoms. The van der Waals surface area contributed by atoms with E-state index in [1.165, 1.54) is 116 Å². The molecule has 0 saturated heterocycles. The first-order valence-corrected chi connectivity index (χ1v) is 24.0. The molecular weight excluding hydrogens is 642 g/mol. The van der Waals surface area contributed by atoms with Crippen LogP contribution in [0.1, 0.15) is 202 Å². The van der Waals surface area contributed by atoms with Crippen LogP contribution in [0.2, 0.25) is 0 Å². The quantitative estimate of drug-likeness (QED) is 0.0387. The summed E-state index contributed by atoms with van der Waals surface area (Å²) >= 11 is -5.32. The van der Waals surface area contributed by atoms with E-state index in [9.17, 15) is 0 Å². The second-order valence-electron chi connectivity index (χ2n) is 14.7. The molecule has 0 radical (unpaired) electrons. The van der Waals surface area contributed by atoms with Crippen molar-refractivity contribution in [3.8, 4) is 0 Å². The van der Waals surface area contributed by atoms with Crippen LogP contribution in [0.5, 0.6) is 0 Å². The molecule has 5 heteroatoms. The Hall–Kier alpha value is -1.39. The van der Waals surface area contributed by atoms with Gasteiger partial charge >= 0.3 is 231 Å². The van der Waals surface area contributed by atoms with Crippen molar-refractivity contribution in [2.24, 2.45) is 0 Å². The van der Waals surface area contributed by atoms with E-state index in [-0.39, 0.29) is 0 Å². The predicted molar refractivity (Wildman–Crippen MR) is 208 cm³/mol. The average Bonchev–Trinajstić information content (AvgIpc) is 3.83. The van der Waals surface area contributed by atoms with E-state index in [2.05, 4.69) is 38.2 Å². The van der Waals surface area contributed by atoms with Crippen LogP contribution in [0.3, 0.4) is 0 Å². The second kappa shape index (κ2) is 30.3. The van der Waals surface area contributed by atoms with Gasteiger partial charge in [-0.05, 0) is 0 Å². The molecule has 0 fully saturated rings. The standard InChI is InChI=1S/2C22H38N.2FH.Ti/c2*1-2-3-4-5-6-7-8-9-10-11-12-13-14-15-16-17-20-23-21-18-19-22-23;;;/h2*9-10,18-22H,2-8,11-17H2,1H3;2*1H;/q;;;;+2/p-2/b2*10-9-;;;. The fourth-order valence-electron chi connectivity index (χ4n) is 7.23. The molecule has 0 amide bonds. The van der Waals surface area contributed by atoms with Gasteiger partial charge < -0.3 is 0 Å². The van der Waals surface area contributed by atoms with Crippen molar-refractivity contribution in [1.29, 1.82) is 0 Å². The molecule has 280 valence electrons. The van der Waals surface area contributed by atoms with Crippen molar-refractivity contribution in [2.75, 3.05) is 0 Å². The van der Waals surface area contributed by atoms with Crippen molar-refractivity contribution >= 4 is 0 Å². The van der Waals surface area contributed by atoms with Crippen molar-refractivity contribution in [3.63, 3.8) is 0 Å². The van der Waals surface area contributed by atoms with Crippen molar-refractivity contribution in [1.82, 2.24) is 9.13 Å². The summed E-state index contributed by atoms with van der Waals surface area (Å²) in [4.78, 5) is 0. The van der Waals surface area contributed by atoms with Crippen LogP contribution in [-0.4, -0.2) is 9.13 Å². The van der Waals surface area contributed by atoms with Gasteiger partial charge in [-0.1, -0.05) is 78.1 Å². The van der Waals surface area contributed by atoms with E-state index in [1.54, 1.807) is 0 Å². The number of nitrogens with zero attached hydrogens (tertiary/aromatic N) is 2. The Kier molecular flexibility index (Phi) is 27.0. The van der Waals surface area contributed by atoms with Crippen molar-refractivity contribution < 1.29 is 23.8 Å². The second-order valence-corrected chi connectivity index (χ2v) is 18.9. The van der Waals surface area contributed by atoms with E-state index >= 15 is 6.18 Å². The summed E-state index contributed by atoms with van der Waals surface area (Å²) < 4.78 is 36.0. The van der Waals surface area contributed by atoms with Crippen LogP contribution in [0.15, 0.2) is 73.4 Å². The average molecular weight is 719 g/mol. The number of aromatic nitrogens is 2. The Morgan fingerprint density at radius 2 is 0.673 bits per heavy atom. The molecule has 0 aliphatic rings. The van der Waals surface area contributed by atoms with Gasteiger partial charge in [0, 0.05) is 0 Å². The number of halogens is 2. The van der Waals surface area contributed by atoms with Crippen LogP contribution in [-0.2, 0) is 17.7 Å². The monoisotopic (exact) mass is 719 g/mol. The zero-order valence-electron chi connectivity index (χ0n) is 32.0. The molecule has 2 nitrogen and oxygen atoms in total. The van der Waals surface area contributed by atoms with Crippen molar-refractivity contribution in [3.05, 3.63) is 73.4 Å². The first-order valence-electron chi connectivity index (χ1n) is 21.0. The molecular formula is C44H76F2N2Ti. The number of unbranched alkanes of at least 4 members (excludes halogenated alkanes) is 22. The fraction of sp³-hybridized carbons (Fsp3) is 0.727. The molecule has 2 aromatic heterocycles. The number of allylic oxidation sites excluding steroid dienone is 4. The maximum absolute atomic E-state index is 16.8. The van der Waals surface area contributed by atoms with E-state index in [0.717, 1.165) is 51.4 Å². The van der Waals surface area contributed by atoms with Gasteiger partial charge in [-0.2, -0.15) is 0 Å². The first kappa shape index (κ1) is 43.8. The van der Waals surface area contributed by atoms with Crippen LogP contribution in [0, 0.1) is 0 Å². The Morgan fingerprint density at radius 1 is 0.408 bits per heavy atom.